The number of nitrogens with zero attached hydrogens (tertiary/aromatic N) is 1. The van der Waals surface area contributed by atoms with E-state index in [1.165, 1.54) is 16.5 Å². The average molecular weight is 212 g/mol. The van der Waals surface area contributed by atoms with Gasteiger partial charge in [0.2, 0.25) is 0 Å². The zero-order valence-corrected chi connectivity index (χ0v) is 9.24. The summed E-state index contributed by atoms with van der Waals surface area (Å²) in [4.78, 5) is 13.9. The summed E-state index contributed by atoms with van der Waals surface area (Å²) in [5.41, 5.74) is 5.22. The van der Waals surface area contributed by atoms with E-state index in [-0.39, 0.29) is 0 Å². The summed E-state index contributed by atoms with van der Waals surface area (Å²) in [5.74, 6) is 0. The van der Waals surface area contributed by atoms with Gasteiger partial charge >= 0.3 is 0 Å². The fourth-order valence-corrected chi connectivity index (χ4v) is 2.42. The number of hydrogen-bond donors (Lipinski definition) is 1. The summed E-state index contributed by atoms with van der Waals surface area (Å²) in [6, 6.07) is 8.11. The third kappa shape index (κ3) is 0.999. The van der Waals surface area contributed by atoms with Crippen LogP contribution in [0.2, 0.25) is 0 Å². The van der Waals surface area contributed by atoms with Crippen molar-refractivity contribution in [3.05, 3.63) is 35.5 Å². The highest BCUT2D eigenvalue weighted by Crippen LogP contribution is 2.29. The molecule has 0 bridgehead atoms. The molecule has 16 heavy (non-hydrogen) atoms. The molecule has 3 rings (SSSR count). The van der Waals surface area contributed by atoms with Crippen molar-refractivity contribution in [1.29, 1.82) is 0 Å². The van der Waals surface area contributed by atoms with Gasteiger partial charge in [0.05, 0.1) is 22.2 Å². The van der Waals surface area contributed by atoms with Crippen molar-refractivity contribution in [3.63, 3.8) is 0 Å². The number of nitrogens with one attached hydrogen (secondary N) is 1. The molecule has 3 nitrogen and oxygen atoms in total. The molecule has 0 aliphatic rings. The highest BCUT2D eigenvalue weighted by atomic mass is 16.1. The molecule has 1 aromatic carbocycles. The van der Waals surface area contributed by atoms with Crippen molar-refractivity contribution in [2.75, 3.05) is 0 Å². The lowest BCUT2D eigenvalue weighted by Crippen LogP contribution is -1.88. The summed E-state index contributed by atoms with van der Waals surface area (Å²) in [6.45, 7) is 2.10. The minimum Gasteiger partial charge on any atom is -0.351 e. The molecule has 0 aliphatic carbocycles. The van der Waals surface area contributed by atoms with Gasteiger partial charge in [0.25, 0.3) is 0 Å². The molecule has 1 N–H and O–H groups in total. The van der Waals surface area contributed by atoms with E-state index in [2.05, 4.69) is 28.6 Å². The van der Waals surface area contributed by atoms with E-state index in [1.54, 1.807) is 0 Å². The number of carbonyl (C=O) groups is 1. The Labute approximate surface area is 92.7 Å². The smallest absolute Gasteiger partial charge is 0.166 e. The monoisotopic (exact) mass is 212 g/mol. The molecular formula is C13H12N2O. The molecule has 0 saturated carbocycles. The second-order valence-electron chi connectivity index (χ2n) is 4.13. The fourth-order valence-electron chi connectivity index (χ4n) is 2.42. The maximum atomic E-state index is 10.7. The third-order valence-corrected chi connectivity index (χ3v) is 3.15. The minimum atomic E-state index is 0.629. The lowest BCUT2D eigenvalue weighted by atomic mass is 10.1. The number of fused-ring (bicyclic) bond motifs is 3. The number of hydrogen-bond acceptors (Lipinski definition) is 1. The number of H-pyrrole nitrogens is 1. The molecule has 0 aliphatic heterocycles. The number of aryl methyl sites for hydroxylation is 2. The van der Waals surface area contributed by atoms with Gasteiger partial charge in [-0.15, -0.1) is 0 Å². The first-order chi connectivity index (χ1) is 7.72. The van der Waals surface area contributed by atoms with E-state index >= 15 is 0 Å². The Morgan fingerprint density at radius 1 is 1.38 bits per heavy atom. The van der Waals surface area contributed by atoms with Crippen LogP contribution < -0.4 is 0 Å². The Balaban J connectivity index is 2.58. The summed E-state index contributed by atoms with van der Waals surface area (Å²) >= 11 is 0. The Morgan fingerprint density at radius 3 is 2.94 bits per heavy atom. The molecule has 80 valence electrons. The Bertz CT molecular complexity index is 703. The van der Waals surface area contributed by atoms with Crippen LogP contribution in [-0.2, 0) is 7.05 Å². The van der Waals surface area contributed by atoms with E-state index in [9.17, 15) is 4.79 Å². The van der Waals surface area contributed by atoms with E-state index in [1.807, 2.05) is 19.2 Å². The van der Waals surface area contributed by atoms with Gasteiger partial charge < -0.3 is 9.55 Å². The number of benzene rings is 1. The molecule has 3 aromatic rings. The number of aromatic nitrogens is 2. The van der Waals surface area contributed by atoms with Crippen LogP contribution in [-0.4, -0.2) is 15.8 Å². The van der Waals surface area contributed by atoms with Gasteiger partial charge in [-0.2, -0.15) is 0 Å². The first-order valence-corrected chi connectivity index (χ1v) is 5.24. The van der Waals surface area contributed by atoms with Crippen LogP contribution in [0.5, 0.6) is 0 Å². The van der Waals surface area contributed by atoms with Crippen molar-refractivity contribution < 1.29 is 4.79 Å². The summed E-state index contributed by atoms with van der Waals surface area (Å²) in [7, 11) is 2.03. The number of para-hydroxylation sites is 1. The van der Waals surface area contributed by atoms with Crippen molar-refractivity contribution >= 4 is 28.2 Å². The molecule has 3 heteroatoms. The van der Waals surface area contributed by atoms with Crippen molar-refractivity contribution in [3.8, 4) is 0 Å². The van der Waals surface area contributed by atoms with Crippen LogP contribution in [0.1, 0.15) is 16.1 Å². The van der Waals surface area contributed by atoms with Crippen molar-refractivity contribution in [2.24, 2.45) is 7.05 Å². The van der Waals surface area contributed by atoms with Crippen molar-refractivity contribution in [1.82, 2.24) is 9.55 Å². The van der Waals surface area contributed by atoms with Gasteiger partial charge in [0, 0.05) is 12.4 Å². The van der Waals surface area contributed by atoms with Crippen LogP contribution in [0.15, 0.2) is 24.3 Å². The maximum absolute atomic E-state index is 10.7. The Hall–Kier alpha value is -2.03. The second kappa shape index (κ2) is 2.98. The zero-order chi connectivity index (χ0) is 11.3. The molecule has 2 aromatic heterocycles. The topological polar surface area (TPSA) is 37.8 Å². The van der Waals surface area contributed by atoms with Crippen LogP contribution in [0.4, 0.5) is 0 Å². The molecule has 0 amide bonds. The van der Waals surface area contributed by atoms with E-state index in [0.717, 1.165) is 17.3 Å². The van der Waals surface area contributed by atoms with E-state index in [4.69, 9.17) is 0 Å². The first-order valence-electron chi connectivity index (χ1n) is 5.24. The highest BCUT2D eigenvalue weighted by molar-refractivity contribution is 6.08. The van der Waals surface area contributed by atoms with E-state index < -0.39 is 0 Å². The summed E-state index contributed by atoms with van der Waals surface area (Å²) in [6.07, 6.45) is 0.849. The van der Waals surface area contributed by atoms with Crippen LogP contribution in [0, 0.1) is 6.92 Å². The molecular weight excluding hydrogens is 200 g/mol. The largest absolute Gasteiger partial charge is 0.351 e. The number of aldehydes is 1. The Kier molecular flexibility index (Phi) is 1.72. The molecule has 0 atom stereocenters. The number of carbonyl (C=O) groups excluding carboxylic acids is 1. The molecule has 0 saturated heterocycles. The summed E-state index contributed by atoms with van der Waals surface area (Å²) < 4.78 is 2.13. The SMILES string of the molecule is Cc1cccc2c3[nH]c(C=O)cc3n(C)c12. The van der Waals surface area contributed by atoms with Gasteiger partial charge in [-0.25, -0.2) is 0 Å². The summed E-state index contributed by atoms with van der Waals surface area (Å²) in [5, 5.41) is 1.17. The van der Waals surface area contributed by atoms with Gasteiger partial charge in [-0.3, -0.25) is 4.79 Å². The molecule has 0 spiro atoms. The van der Waals surface area contributed by atoms with Crippen molar-refractivity contribution in [2.45, 2.75) is 6.92 Å². The molecule has 2 heterocycles. The van der Waals surface area contributed by atoms with Crippen LogP contribution in [0.3, 0.4) is 0 Å². The quantitative estimate of drug-likeness (QED) is 0.619. The highest BCUT2D eigenvalue weighted by Gasteiger charge is 2.12. The number of aromatic amines is 1. The average Bonchev–Trinajstić information content (AvgIpc) is 2.80. The van der Waals surface area contributed by atoms with Crippen LogP contribution in [0.25, 0.3) is 21.9 Å². The van der Waals surface area contributed by atoms with E-state index in [0.29, 0.717) is 5.69 Å². The molecule has 0 radical (unpaired) electrons. The van der Waals surface area contributed by atoms with Gasteiger partial charge in [0.1, 0.15) is 0 Å². The molecule has 0 fully saturated rings. The van der Waals surface area contributed by atoms with Gasteiger partial charge in [0.15, 0.2) is 6.29 Å². The van der Waals surface area contributed by atoms with Crippen LogP contribution >= 0.6 is 0 Å². The Morgan fingerprint density at radius 2 is 2.19 bits per heavy atom. The maximum Gasteiger partial charge on any atom is 0.166 e. The lowest BCUT2D eigenvalue weighted by Gasteiger charge is -2.00. The normalized spacial score (nSPS) is 11.4. The molecule has 0 unspecified atom stereocenters. The van der Waals surface area contributed by atoms with Gasteiger partial charge in [-0.05, 0) is 18.6 Å². The second-order valence-corrected chi connectivity index (χ2v) is 4.13. The predicted molar refractivity (Wildman–Crippen MR) is 64.9 cm³/mol. The first kappa shape index (κ1) is 9.21. The zero-order valence-electron chi connectivity index (χ0n) is 9.24. The third-order valence-electron chi connectivity index (χ3n) is 3.15. The van der Waals surface area contributed by atoms with Gasteiger partial charge in [-0.1, -0.05) is 18.2 Å². The minimum absolute atomic E-state index is 0.629. The number of rotatable bonds is 1. The predicted octanol–water partition coefficient (Wildman–Crippen LogP) is 2.78. The lowest BCUT2D eigenvalue weighted by molar-refractivity contribution is 0.112. The standard InChI is InChI=1S/C13H12N2O/c1-8-4-3-5-10-12-11(15(2)13(8)10)6-9(7-16)14-12/h3-7,14H,1-2H3. The fraction of sp³-hybridized carbons (Fsp3) is 0.154.